The van der Waals surface area contributed by atoms with Crippen LogP contribution in [-0.2, 0) is 29.0 Å². The third-order valence-corrected chi connectivity index (χ3v) is 3.30. The molecular weight excluding hydrogens is 294 g/mol. The van der Waals surface area contributed by atoms with E-state index in [4.69, 9.17) is 21.1 Å². The number of nitrogens with zero attached hydrogens (tertiary/aromatic N) is 3. The fraction of sp³-hybridized carbons (Fsp3) is 0.643. The lowest BCUT2D eigenvalue weighted by molar-refractivity contribution is 0.0220. The quantitative estimate of drug-likeness (QED) is 0.785. The van der Waals surface area contributed by atoms with Gasteiger partial charge in [-0.3, -0.25) is 0 Å². The molecule has 0 fully saturated rings. The molecule has 0 saturated carbocycles. The molecule has 2 rings (SSSR count). The summed E-state index contributed by atoms with van der Waals surface area (Å²) in [6.07, 6.45) is 0.289. The summed E-state index contributed by atoms with van der Waals surface area (Å²) in [5.74, 6) is 0.521. The lowest BCUT2D eigenvalue weighted by Crippen LogP contribution is -2.40. The smallest absolute Gasteiger partial charge is 0.410 e. The first-order chi connectivity index (χ1) is 9.80. The summed E-state index contributed by atoms with van der Waals surface area (Å²) in [6.45, 7) is 6.76. The molecule has 0 saturated heterocycles. The topological polar surface area (TPSA) is 64.6 Å². The Hall–Kier alpha value is -1.40. The molecule has 0 spiro atoms. The molecule has 1 amide bonds. The molecule has 7 heteroatoms. The summed E-state index contributed by atoms with van der Waals surface area (Å²) >= 11 is 6.18. The fourth-order valence-electron chi connectivity index (χ4n) is 2.11. The summed E-state index contributed by atoms with van der Waals surface area (Å²) in [4.78, 5) is 22.4. The number of rotatable bonds is 2. The van der Waals surface area contributed by atoms with E-state index in [1.165, 1.54) is 0 Å². The van der Waals surface area contributed by atoms with Crippen LogP contribution in [0.4, 0.5) is 4.79 Å². The van der Waals surface area contributed by atoms with Gasteiger partial charge in [-0.25, -0.2) is 14.8 Å². The van der Waals surface area contributed by atoms with E-state index >= 15 is 0 Å². The summed E-state index contributed by atoms with van der Waals surface area (Å²) < 4.78 is 10.4. The van der Waals surface area contributed by atoms with Crippen molar-refractivity contribution < 1.29 is 14.3 Å². The first kappa shape index (κ1) is 16.0. The van der Waals surface area contributed by atoms with Crippen LogP contribution >= 0.6 is 11.6 Å². The average Bonchev–Trinajstić information content (AvgIpc) is 2.36. The standard InChI is InChI=1S/C14H20ClN3O3/c1-14(2,3)21-13(19)18-6-5-9-10(7-18)16-11(8-20-4)17-12(9)15/h5-8H2,1-4H3. The van der Waals surface area contributed by atoms with E-state index in [1.807, 2.05) is 20.8 Å². The maximum atomic E-state index is 12.1. The Bertz CT molecular complexity index is 543. The molecule has 0 aliphatic carbocycles. The molecule has 1 aromatic rings. The second-order valence-corrected chi connectivity index (χ2v) is 6.30. The molecule has 1 aliphatic heterocycles. The lowest BCUT2D eigenvalue weighted by atomic mass is 10.1. The van der Waals surface area contributed by atoms with Crippen molar-refractivity contribution in [2.75, 3.05) is 13.7 Å². The first-order valence-electron chi connectivity index (χ1n) is 6.81. The van der Waals surface area contributed by atoms with Crippen LogP contribution in [-0.4, -0.2) is 40.2 Å². The van der Waals surface area contributed by atoms with Gasteiger partial charge in [0.15, 0.2) is 5.82 Å². The van der Waals surface area contributed by atoms with Crippen LogP contribution in [0.2, 0.25) is 5.15 Å². The van der Waals surface area contributed by atoms with Gasteiger partial charge in [-0.05, 0) is 27.2 Å². The Morgan fingerprint density at radius 2 is 2.10 bits per heavy atom. The monoisotopic (exact) mass is 313 g/mol. The number of amides is 1. The van der Waals surface area contributed by atoms with Crippen LogP contribution in [0.5, 0.6) is 0 Å². The Labute approximate surface area is 129 Å². The van der Waals surface area contributed by atoms with E-state index < -0.39 is 5.60 Å². The number of carbonyl (C=O) groups is 1. The lowest BCUT2D eigenvalue weighted by Gasteiger charge is -2.30. The van der Waals surface area contributed by atoms with Gasteiger partial charge in [0, 0.05) is 19.2 Å². The van der Waals surface area contributed by atoms with Crippen molar-refractivity contribution in [3.05, 3.63) is 22.2 Å². The SMILES string of the molecule is COCc1nc(Cl)c2c(n1)CN(C(=O)OC(C)(C)C)CC2. The van der Waals surface area contributed by atoms with Gasteiger partial charge < -0.3 is 14.4 Å². The number of hydrogen-bond acceptors (Lipinski definition) is 5. The maximum absolute atomic E-state index is 12.1. The van der Waals surface area contributed by atoms with Crippen LogP contribution in [0, 0.1) is 0 Å². The van der Waals surface area contributed by atoms with Crippen molar-refractivity contribution in [3.63, 3.8) is 0 Å². The fourth-order valence-corrected chi connectivity index (χ4v) is 2.41. The van der Waals surface area contributed by atoms with Crippen molar-refractivity contribution >= 4 is 17.7 Å². The van der Waals surface area contributed by atoms with Gasteiger partial charge in [0.05, 0.1) is 12.2 Å². The highest BCUT2D eigenvalue weighted by atomic mass is 35.5. The molecule has 116 valence electrons. The van der Waals surface area contributed by atoms with E-state index in [1.54, 1.807) is 12.0 Å². The average molecular weight is 314 g/mol. The molecule has 1 aromatic heterocycles. The maximum Gasteiger partial charge on any atom is 0.410 e. The second kappa shape index (κ2) is 6.15. The van der Waals surface area contributed by atoms with E-state index in [2.05, 4.69) is 9.97 Å². The largest absolute Gasteiger partial charge is 0.444 e. The third-order valence-electron chi connectivity index (χ3n) is 2.99. The van der Waals surface area contributed by atoms with Gasteiger partial charge in [-0.2, -0.15) is 0 Å². The molecule has 21 heavy (non-hydrogen) atoms. The summed E-state index contributed by atoms with van der Waals surface area (Å²) in [7, 11) is 1.57. The minimum Gasteiger partial charge on any atom is -0.444 e. The van der Waals surface area contributed by atoms with E-state index in [9.17, 15) is 4.79 Å². The van der Waals surface area contributed by atoms with E-state index in [0.29, 0.717) is 37.1 Å². The summed E-state index contributed by atoms with van der Waals surface area (Å²) in [5, 5.41) is 0.441. The highest BCUT2D eigenvalue weighted by molar-refractivity contribution is 6.30. The predicted octanol–water partition coefficient (Wildman–Crippen LogP) is 2.57. The Morgan fingerprint density at radius 3 is 2.71 bits per heavy atom. The van der Waals surface area contributed by atoms with Crippen LogP contribution in [0.25, 0.3) is 0 Å². The molecule has 0 atom stereocenters. The molecule has 0 unspecified atom stereocenters. The van der Waals surface area contributed by atoms with Crippen molar-refractivity contribution in [3.8, 4) is 0 Å². The molecule has 1 aliphatic rings. The number of ether oxygens (including phenoxy) is 2. The summed E-state index contributed by atoms with van der Waals surface area (Å²) in [6, 6.07) is 0. The third kappa shape index (κ3) is 4.04. The van der Waals surface area contributed by atoms with Gasteiger partial charge in [0.1, 0.15) is 17.4 Å². The van der Waals surface area contributed by atoms with E-state index in [0.717, 1.165) is 11.3 Å². The molecule has 2 heterocycles. The van der Waals surface area contributed by atoms with Crippen molar-refractivity contribution in [2.45, 2.75) is 45.9 Å². The van der Waals surface area contributed by atoms with E-state index in [-0.39, 0.29) is 6.09 Å². The highest BCUT2D eigenvalue weighted by Crippen LogP contribution is 2.24. The summed E-state index contributed by atoms with van der Waals surface area (Å²) in [5.41, 5.74) is 1.15. The zero-order chi connectivity index (χ0) is 15.6. The molecule has 6 nitrogen and oxygen atoms in total. The molecule has 0 radical (unpaired) electrons. The van der Waals surface area contributed by atoms with Gasteiger partial charge in [-0.15, -0.1) is 0 Å². The number of fused-ring (bicyclic) bond motifs is 1. The van der Waals surface area contributed by atoms with Crippen LogP contribution in [0.1, 0.15) is 37.9 Å². The molecule has 0 N–H and O–H groups in total. The molecular formula is C14H20ClN3O3. The number of methoxy groups -OCH3 is 1. The van der Waals surface area contributed by atoms with Crippen molar-refractivity contribution in [1.29, 1.82) is 0 Å². The number of aromatic nitrogens is 2. The van der Waals surface area contributed by atoms with Gasteiger partial charge in [0.25, 0.3) is 0 Å². The van der Waals surface area contributed by atoms with Crippen LogP contribution in [0.3, 0.4) is 0 Å². The number of carbonyl (C=O) groups excluding carboxylic acids is 1. The first-order valence-corrected chi connectivity index (χ1v) is 7.19. The Kier molecular flexibility index (Phi) is 4.68. The molecule has 0 bridgehead atoms. The van der Waals surface area contributed by atoms with Crippen molar-refractivity contribution in [2.24, 2.45) is 0 Å². The van der Waals surface area contributed by atoms with Gasteiger partial charge in [0.2, 0.25) is 0 Å². The Morgan fingerprint density at radius 1 is 1.38 bits per heavy atom. The van der Waals surface area contributed by atoms with Crippen molar-refractivity contribution in [1.82, 2.24) is 14.9 Å². The van der Waals surface area contributed by atoms with Gasteiger partial charge in [-0.1, -0.05) is 11.6 Å². The molecule has 0 aromatic carbocycles. The minimum absolute atomic E-state index is 0.291. The highest BCUT2D eigenvalue weighted by Gasteiger charge is 2.28. The zero-order valence-corrected chi connectivity index (χ0v) is 13.5. The van der Waals surface area contributed by atoms with Gasteiger partial charge >= 0.3 is 6.09 Å². The Balaban J connectivity index is 2.17. The normalized spacial score (nSPS) is 14.8. The van der Waals surface area contributed by atoms with Crippen LogP contribution in [0.15, 0.2) is 0 Å². The number of halogens is 1. The predicted molar refractivity (Wildman–Crippen MR) is 78.1 cm³/mol. The minimum atomic E-state index is -0.512. The van der Waals surface area contributed by atoms with Crippen LogP contribution < -0.4 is 0 Å². The number of hydrogen-bond donors (Lipinski definition) is 0. The zero-order valence-electron chi connectivity index (χ0n) is 12.8. The second-order valence-electron chi connectivity index (χ2n) is 5.94.